The molecule has 1 aliphatic heterocycles. The molecule has 2 aromatic rings. The second kappa shape index (κ2) is 3.48. The number of carboxylic acids is 1. The van der Waals surface area contributed by atoms with Gasteiger partial charge in [0.25, 0.3) is 0 Å². The number of nitrogens with one attached hydrogen (secondary N) is 1. The predicted molar refractivity (Wildman–Crippen MR) is 56.2 cm³/mol. The largest absolute Gasteiger partial charge is 0.477 e. The summed E-state index contributed by atoms with van der Waals surface area (Å²) in [6, 6.07) is 3.11. The number of nitrogens with zero attached hydrogens (tertiary/aromatic N) is 3. The Hall–Kier alpha value is -2.57. The van der Waals surface area contributed by atoms with E-state index in [1.54, 1.807) is 16.8 Å². The van der Waals surface area contributed by atoms with Crippen LogP contribution in [0.2, 0.25) is 0 Å². The lowest BCUT2D eigenvalue weighted by Crippen LogP contribution is -2.24. The van der Waals surface area contributed by atoms with Gasteiger partial charge in [0, 0.05) is 0 Å². The van der Waals surface area contributed by atoms with Crippen molar-refractivity contribution in [2.75, 3.05) is 5.32 Å². The summed E-state index contributed by atoms with van der Waals surface area (Å²) in [5.41, 5.74) is 0.0619. The van der Waals surface area contributed by atoms with Crippen molar-refractivity contribution in [1.82, 2.24) is 14.8 Å². The Labute approximate surface area is 95.4 Å². The zero-order chi connectivity index (χ0) is 11.8. The molecule has 2 N–H and O–H groups in total. The molecule has 7 nitrogen and oxygen atoms in total. The number of anilines is 1. The highest BCUT2D eigenvalue weighted by atomic mass is 16.4. The fourth-order valence-corrected chi connectivity index (χ4v) is 1.72. The molecule has 0 saturated carbocycles. The Morgan fingerprint density at radius 3 is 3.18 bits per heavy atom. The van der Waals surface area contributed by atoms with Crippen molar-refractivity contribution in [3.8, 4) is 0 Å². The molecule has 7 heteroatoms. The summed E-state index contributed by atoms with van der Waals surface area (Å²) in [5, 5.41) is 15.7. The summed E-state index contributed by atoms with van der Waals surface area (Å²) >= 11 is 0. The van der Waals surface area contributed by atoms with E-state index in [0.717, 1.165) is 0 Å². The molecule has 1 atom stereocenters. The molecule has 0 spiro atoms. The zero-order valence-corrected chi connectivity index (χ0v) is 8.57. The van der Waals surface area contributed by atoms with Gasteiger partial charge >= 0.3 is 5.97 Å². The first-order valence-electron chi connectivity index (χ1n) is 4.91. The quantitative estimate of drug-likeness (QED) is 0.797. The molecule has 0 saturated heterocycles. The Balaban J connectivity index is 2.10. The monoisotopic (exact) mass is 232 g/mol. The minimum Gasteiger partial charge on any atom is -0.477 e. The molecule has 0 unspecified atom stereocenters. The molecule has 86 valence electrons. The summed E-state index contributed by atoms with van der Waals surface area (Å²) in [6.45, 7) is 0. The first kappa shape index (κ1) is 9.64. The van der Waals surface area contributed by atoms with Crippen molar-refractivity contribution in [2.24, 2.45) is 0 Å². The number of hydrogen-bond donors (Lipinski definition) is 2. The van der Waals surface area contributed by atoms with E-state index in [9.17, 15) is 4.79 Å². The molecule has 0 radical (unpaired) electrons. The van der Waals surface area contributed by atoms with Gasteiger partial charge in [-0.05, 0) is 18.2 Å². The minimum atomic E-state index is -1.05. The van der Waals surface area contributed by atoms with Crippen LogP contribution in [0.4, 0.5) is 5.95 Å². The van der Waals surface area contributed by atoms with E-state index in [1.165, 1.54) is 18.7 Å². The van der Waals surface area contributed by atoms with Gasteiger partial charge < -0.3 is 14.8 Å². The summed E-state index contributed by atoms with van der Waals surface area (Å²) in [4.78, 5) is 14.9. The molecule has 2 aromatic heterocycles. The molecule has 17 heavy (non-hydrogen) atoms. The van der Waals surface area contributed by atoms with Gasteiger partial charge in [-0.25, -0.2) is 9.48 Å². The number of allylic oxidation sites excluding steroid dienone is 1. The maximum absolute atomic E-state index is 11.0. The van der Waals surface area contributed by atoms with E-state index in [1.807, 2.05) is 0 Å². The summed E-state index contributed by atoms with van der Waals surface area (Å²) in [6.07, 6.45) is 4.42. The smallest absolute Gasteiger partial charge is 0.352 e. The molecule has 0 amide bonds. The number of fused-ring (bicyclic) bond motifs is 1. The van der Waals surface area contributed by atoms with Crippen molar-refractivity contribution in [2.45, 2.75) is 6.04 Å². The van der Waals surface area contributed by atoms with Crippen LogP contribution in [-0.4, -0.2) is 25.8 Å². The van der Waals surface area contributed by atoms with Crippen LogP contribution in [0.5, 0.6) is 0 Å². The third-order valence-electron chi connectivity index (χ3n) is 2.47. The van der Waals surface area contributed by atoms with E-state index >= 15 is 0 Å². The third kappa shape index (κ3) is 1.48. The standard InChI is InChI=1S/C10H8N4O3/c15-9(16)6-4-7(8-2-1-3-17-8)14-10(13-6)11-5-12-14/h1-5,7H,(H,15,16)(H,11,12,13)/t7-/m0/s1. The molecule has 3 heterocycles. The lowest BCUT2D eigenvalue weighted by atomic mass is 10.1. The van der Waals surface area contributed by atoms with Crippen molar-refractivity contribution >= 4 is 11.9 Å². The Bertz CT molecular complexity index is 584. The van der Waals surface area contributed by atoms with E-state index < -0.39 is 12.0 Å². The molecule has 0 fully saturated rings. The van der Waals surface area contributed by atoms with Crippen molar-refractivity contribution in [3.05, 3.63) is 42.3 Å². The molecule has 0 aliphatic carbocycles. The van der Waals surface area contributed by atoms with Crippen LogP contribution in [0.15, 0.2) is 40.9 Å². The zero-order valence-electron chi connectivity index (χ0n) is 8.57. The van der Waals surface area contributed by atoms with Crippen LogP contribution >= 0.6 is 0 Å². The van der Waals surface area contributed by atoms with E-state index in [0.29, 0.717) is 11.7 Å². The van der Waals surface area contributed by atoms with Gasteiger partial charge in [-0.3, -0.25) is 0 Å². The topological polar surface area (TPSA) is 93.2 Å². The van der Waals surface area contributed by atoms with E-state index in [2.05, 4.69) is 15.4 Å². The first-order chi connectivity index (χ1) is 8.25. The second-order valence-corrected chi connectivity index (χ2v) is 3.50. The number of aromatic nitrogens is 3. The second-order valence-electron chi connectivity index (χ2n) is 3.50. The number of carboxylic acid groups (broad SMARTS) is 1. The highest BCUT2D eigenvalue weighted by molar-refractivity contribution is 5.90. The van der Waals surface area contributed by atoms with Crippen LogP contribution in [0, 0.1) is 0 Å². The van der Waals surface area contributed by atoms with E-state index in [4.69, 9.17) is 9.52 Å². The van der Waals surface area contributed by atoms with Gasteiger partial charge in [0.15, 0.2) is 0 Å². The predicted octanol–water partition coefficient (Wildman–Crippen LogP) is 0.854. The minimum absolute atomic E-state index is 0.0619. The molecule has 0 bridgehead atoms. The normalized spacial score (nSPS) is 18.1. The highest BCUT2D eigenvalue weighted by Gasteiger charge is 2.26. The number of hydrogen-bond acceptors (Lipinski definition) is 5. The molecule has 1 aliphatic rings. The molecule has 0 aromatic carbocycles. The average molecular weight is 232 g/mol. The maximum Gasteiger partial charge on any atom is 0.352 e. The van der Waals surface area contributed by atoms with Crippen LogP contribution in [0.1, 0.15) is 11.8 Å². The fourth-order valence-electron chi connectivity index (χ4n) is 1.72. The van der Waals surface area contributed by atoms with Gasteiger partial charge in [0.1, 0.15) is 23.8 Å². The average Bonchev–Trinajstić information content (AvgIpc) is 2.98. The lowest BCUT2D eigenvalue weighted by Gasteiger charge is -2.20. The van der Waals surface area contributed by atoms with Gasteiger partial charge in [0.2, 0.25) is 5.95 Å². The van der Waals surface area contributed by atoms with Crippen LogP contribution in [0.3, 0.4) is 0 Å². The number of carbonyl (C=O) groups is 1. The Morgan fingerprint density at radius 1 is 1.59 bits per heavy atom. The van der Waals surface area contributed by atoms with E-state index in [-0.39, 0.29) is 5.70 Å². The van der Waals surface area contributed by atoms with Crippen LogP contribution in [-0.2, 0) is 4.79 Å². The number of furan rings is 1. The fraction of sp³-hybridized carbons (Fsp3) is 0.100. The molecular formula is C10H8N4O3. The van der Waals surface area contributed by atoms with Gasteiger partial charge in [-0.2, -0.15) is 10.1 Å². The van der Waals surface area contributed by atoms with Gasteiger partial charge in [-0.15, -0.1) is 0 Å². The molecular weight excluding hydrogens is 224 g/mol. The van der Waals surface area contributed by atoms with Crippen LogP contribution < -0.4 is 5.32 Å². The Kier molecular flexibility index (Phi) is 1.97. The first-order valence-corrected chi connectivity index (χ1v) is 4.91. The lowest BCUT2D eigenvalue weighted by molar-refractivity contribution is -0.132. The highest BCUT2D eigenvalue weighted by Crippen LogP contribution is 2.28. The summed E-state index contributed by atoms with van der Waals surface area (Å²) in [7, 11) is 0. The van der Waals surface area contributed by atoms with Gasteiger partial charge in [-0.1, -0.05) is 0 Å². The Morgan fingerprint density at radius 2 is 2.47 bits per heavy atom. The van der Waals surface area contributed by atoms with Crippen molar-refractivity contribution < 1.29 is 14.3 Å². The maximum atomic E-state index is 11.0. The SMILES string of the molecule is O=C(O)C1=C[C@@H](c2ccco2)n2ncnc2N1. The number of rotatable bonds is 2. The third-order valence-corrected chi connectivity index (χ3v) is 2.47. The number of aliphatic carboxylic acids is 1. The van der Waals surface area contributed by atoms with Crippen molar-refractivity contribution in [1.29, 1.82) is 0 Å². The summed E-state index contributed by atoms with van der Waals surface area (Å²) < 4.78 is 6.83. The van der Waals surface area contributed by atoms with Crippen LogP contribution in [0.25, 0.3) is 0 Å². The van der Waals surface area contributed by atoms with Gasteiger partial charge in [0.05, 0.1) is 6.26 Å². The molecule has 3 rings (SSSR count). The summed E-state index contributed by atoms with van der Waals surface area (Å²) in [5.74, 6) is -0.0564. The van der Waals surface area contributed by atoms with Crippen molar-refractivity contribution in [3.63, 3.8) is 0 Å².